The zero-order chi connectivity index (χ0) is 18.4. The lowest BCUT2D eigenvalue weighted by Crippen LogP contribution is -2.41. The van der Waals surface area contributed by atoms with Gasteiger partial charge >= 0.3 is 0 Å². The van der Waals surface area contributed by atoms with E-state index in [4.69, 9.17) is 10.5 Å². The molecule has 2 heterocycles. The molecule has 27 heavy (non-hydrogen) atoms. The highest BCUT2D eigenvalue weighted by molar-refractivity contribution is 7.12. The molecule has 1 aliphatic heterocycles. The van der Waals surface area contributed by atoms with Crippen LogP contribution in [0.3, 0.4) is 0 Å². The van der Waals surface area contributed by atoms with Crippen molar-refractivity contribution in [2.75, 3.05) is 26.2 Å². The largest absolute Gasteiger partial charge is 0.378 e. The molecule has 1 aromatic heterocycles. The Morgan fingerprint density at radius 3 is 2.44 bits per heavy atom. The number of likely N-dealkylation sites (tertiary alicyclic amines) is 1. The second kappa shape index (κ2) is 10.6. The molecule has 2 aromatic rings. The first-order valence-electron chi connectivity index (χ1n) is 8.99. The maximum absolute atomic E-state index is 13.0. The molecule has 3 rings (SSSR count). The molecule has 0 radical (unpaired) electrons. The van der Waals surface area contributed by atoms with Crippen molar-refractivity contribution in [2.45, 2.75) is 25.4 Å². The third-order valence-corrected chi connectivity index (χ3v) is 5.45. The van der Waals surface area contributed by atoms with Crippen LogP contribution in [0, 0.1) is 0 Å². The summed E-state index contributed by atoms with van der Waals surface area (Å²) in [5, 5.41) is 1.87. The summed E-state index contributed by atoms with van der Waals surface area (Å²) >= 11 is 1.39. The van der Waals surface area contributed by atoms with Gasteiger partial charge in [0.15, 0.2) is 0 Å². The van der Waals surface area contributed by atoms with Crippen molar-refractivity contribution in [3.05, 3.63) is 57.8 Å². The van der Waals surface area contributed by atoms with Crippen LogP contribution in [0.1, 0.15) is 44.9 Å². The molecule has 5 nitrogen and oxygen atoms in total. The monoisotopic (exact) mass is 408 g/mol. The van der Waals surface area contributed by atoms with Crippen LogP contribution in [0.5, 0.6) is 0 Å². The highest BCUT2D eigenvalue weighted by atomic mass is 35.5. The fourth-order valence-electron chi connectivity index (χ4n) is 3.14. The second-order valence-corrected chi connectivity index (χ2v) is 7.30. The highest BCUT2D eigenvalue weighted by Crippen LogP contribution is 2.22. The molecule has 1 saturated heterocycles. The first-order valence-corrected chi connectivity index (χ1v) is 9.87. The van der Waals surface area contributed by atoms with Crippen LogP contribution in [0.15, 0.2) is 41.8 Å². The van der Waals surface area contributed by atoms with E-state index >= 15 is 0 Å². The average molecular weight is 409 g/mol. The van der Waals surface area contributed by atoms with Gasteiger partial charge in [-0.2, -0.15) is 0 Å². The first kappa shape index (κ1) is 21.6. The maximum Gasteiger partial charge on any atom is 0.254 e. The SMILES string of the molecule is Cl.NCCCOC1CCN(C(=O)c2ccccc2C(=O)c2cccs2)CC1. The maximum atomic E-state index is 13.0. The molecule has 0 atom stereocenters. The van der Waals surface area contributed by atoms with Gasteiger partial charge < -0.3 is 15.4 Å². The van der Waals surface area contributed by atoms with E-state index in [9.17, 15) is 9.59 Å². The average Bonchev–Trinajstić information content (AvgIpc) is 3.22. The van der Waals surface area contributed by atoms with E-state index in [1.165, 1.54) is 11.3 Å². The number of benzene rings is 1. The van der Waals surface area contributed by atoms with Gasteiger partial charge in [0.25, 0.3) is 5.91 Å². The molecule has 0 unspecified atom stereocenters. The summed E-state index contributed by atoms with van der Waals surface area (Å²) in [5.74, 6) is -0.171. The number of piperidine rings is 1. The standard InChI is InChI=1S/C20H24N2O3S.ClH/c21-10-4-13-25-15-8-11-22(12-9-15)20(24)17-6-2-1-5-16(17)19(23)18-7-3-14-26-18;/h1-3,5-7,14-15H,4,8-13,21H2;1H. The Labute approximate surface area is 169 Å². The van der Waals surface area contributed by atoms with Crippen LogP contribution in [0.2, 0.25) is 0 Å². The summed E-state index contributed by atoms with van der Waals surface area (Å²) in [4.78, 5) is 28.2. The molecule has 1 amide bonds. The molecule has 0 aliphatic carbocycles. The summed E-state index contributed by atoms with van der Waals surface area (Å²) in [6, 6.07) is 10.7. The lowest BCUT2D eigenvalue weighted by atomic mass is 10.00. The van der Waals surface area contributed by atoms with Crippen LogP contribution >= 0.6 is 23.7 Å². The number of ether oxygens (including phenoxy) is 1. The topological polar surface area (TPSA) is 72.6 Å². The minimum atomic E-state index is -0.0936. The Balaban J connectivity index is 0.00000261. The highest BCUT2D eigenvalue weighted by Gasteiger charge is 2.27. The van der Waals surface area contributed by atoms with Crippen LogP contribution in [0.4, 0.5) is 0 Å². The van der Waals surface area contributed by atoms with Gasteiger partial charge in [-0.3, -0.25) is 9.59 Å². The van der Waals surface area contributed by atoms with Crippen LogP contribution in [-0.2, 0) is 4.74 Å². The van der Waals surface area contributed by atoms with Gasteiger partial charge in [-0.15, -0.1) is 23.7 Å². The Kier molecular flexibility index (Phi) is 8.44. The third-order valence-electron chi connectivity index (χ3n) is 4.58. The molecule has 1 aliphatic rings. The summed E-state index contributed by atoms with van der Waals surface area (Å²) in [6.45, 7) is 2.60. The van der Waals surface area contributed by atoms with Gasteiger partial charge in [0, 0.05) is 25.3 Å². The van der Waals surface area contributed by atoms with E-state index in [0.717, 1.165) is 19.3 Å². The van der Waals surface area contributed by atoms with E-state index in [-0.39, 0.29) is 30.2 Å². The Hall–Kier alpha value is -1.73. The Bertz CT molecular complexity index is 743. The normalized spacial score (nSPS) is 14.6. The van der Waals surface area contributed by atoms with Gasteiger partial charge in [0.05, 0.1) is 16.5 Å². The number of thiophene rings is 1. The number of hydrogen-bond donors (Lipinski definition) is 1. The van der Waals surface area contributed by atoms with Crippen molar-refractivity contribution in [3.8, 4) is 0 Å². The number of halogens is 1. The van der Waals surface area contributed by atoms with E-state index < -0.39 is 0 Å². The van der Waals surface area contributed by atoms with Gasteiger partial charge in [-0.25, -0.2) is 0 Å². The van der Waals surface area contributed by atoms with E-state index in [1.54, 1.807) is 30.3 Å². The summed E-state index contributed by atoms with van der Waals surface area (Å²) in [7, 11) is 0. The molecule has 1 fully saturated rings. The number of ketones is 1. The van der Waals surface area contributed by atoms with Gasteiger partial charge in [-0.1, -0.05) is 24.3 Å². The van der Waals surface area contributed by atoms with Crippen molar-refractivity contribution >= 4 is 35.4 Å². The van der Waals surface area contributed by atoms with Crippen molar-refractivity contribution in [1.82, 2.24) is 4.90 Å². The number of hydrogen-bond acceptors (Lipinski definition) is 5. The first-order chi connectivity index (χ1) is 12.7. The minimum Gasteiger partial charge on any atom is -0.378 e. The Morgan fingerprint density at radius 2 is 1.81 bits per heavy atom. The predicted molar refractivity (Wildman–Crippen MR) is 110 cm³/mol. The number of rotatable bonds is 7. The molecule has 0 spiro atoms. The van der Waals surface area contributed by atoms with Gasteiger partial charge in [0.2, 0.25) is 5.78 Å². The second-order valence-electron chi connectivity index (χ2n) is 6.36. The van der Waals surface area contributed by atoms with Gasteiger partial charge in [-0.05, 0) is 43.3 Å². The predicted octanol–water partition coefficient (Wildman–Crippen LogP) is 3.37. The zero-order valence-corrected chi connectivity index (χ0v) is 16.8. The van der Waals surface area contributed by atoms with Crippen molar-refractivity contribution in [2.24, 2.45) is 5.73 Å². The summed E-state index contributed by atoms with van der Waals surface area (Å²) in [5.41, 5.74) is 6.44. The molecule has 0 saturated carbocycles. The van der Waals surface area contributed by atoms with Gasteiger partial charge in [0.1, 0.15) is 0 Å². The molecule has 0 bridgehead atoms. The summed E-state index contributed by atoms with van der Waals surface area (Å²) < 4.78 is 5.80. The van der Waals surface area contributed by atoms with Crippen LogP contribution < -0.4 is 5.73 Å². The fraction of sp³-hybridized carbons (Fsp3) is 0.400. The number of carbonyl (C=O) groups excluding carboxylic acids is 2. The molecular weight excluding hydrogens is 384 g/mol. The fourth-order valence-corrected chi connectivity index (χ4v) is 3.82. The lowest BCUT2D eigenvalue weighted by molar-refractivity contribution is 0.00840. The zero-order valence-electron chi connectivity index (χ0n) is 15.1. The quantitative estimate of drug-likeness (QED) is 0.563. The molecular formula is C20H25ClN2O3S. The van der Waals surface area contributed by atoms with E-state index in [0.29, 0.717) is 42.2 Å². The van der Waals surface area contributed by atoms with Crippen LogP contribution in [-0.4, -0.2) is 48.9 Å². The molecule has 1 aromatic carbocycles. The van der Waals surface area contributed by atoms with Crippen molar-refractivity contribution in [1.29, 1.82) is 0 Å². The third kappa shape index (κ3) is 5.39. The van der Waals surface area contributed by atoms with Crippen molar-refractivity contribution in [3.63, 3.8) is 0 Å². The molecule has 146 valence electrons. The molecule has 2 N–H and O–H groups in total. The number of carbonyl (C=O) groups is 2. The van der Waals surface area contributed by atoms with Crippen LogP contribution in [0.25, 0.3) is 0 Å². The number of amides is 1. The van der Waals surface area contributed by atoms with Crippen molar-refractivity contribution < 1.29 is 14.3 Å². The summed E-state index contributed by atoms with van der Waals surface area (Å²) in [6.07, 6.45) is 2.68. The smallest absolute Gasteiger partial charge is 0.254 e. The lowest BCUT2D eigenvalue weighted by Gasteiger charge is -2.32. The number of nitrogens with zero attached hydrogens (tertiary/aromatic N) is 1. The minimum absolute atomic E-state index is 0. The molecule has 7 heteroatoms. The van der Waals surface area contributed by atoms with E-state index in [2.05, 4.69) is 0 Å². The Morgan fingerprint density at radius 1 is 1.11 bits per heavy atom. The van der Waals surface area contributed by atoms with E-state index in [1.807, 2.05) is 16.3 Å². The number of nitrogens with two attached hydrogens (primary N) is 1.